The molecule has 114 valence electrons. The van der Waals surface area contributed by atoms with Crippen molar-refractivity contribution in [3.05, 3.63) is 59.9 Å². The van der Waals surface area contributed by atoms with E-state index in [0.29, 0.717) is 11.4 Å². The van der Waals surface area contributed by atoms with Gasteiger partial charge in [0, 0.05) is 19.3 Å². The van der Waals surface area contributed by atoms with Crippen molar-refractivity contribution in [3.8, 4) is 6.07 Å². The lowest BCUT2D eigenvalue weighted by atomic mass is 10.1. The predicted octanol–water partition coefficient (Wildman–Crippen LogP) is 4.08. The van der Waals surface area contributed by atoms with E-state index in [1.54, 1.807) is 0 Å². The summed E-state index contributed by atoms with van der Waals surface area (Å²) in [6.45, 7) is 3.07. The Kier molecular flexibility index (Phi) is 4.11. The van der Waals surface area contributed by atoms with Gasteiger partial charge >= 0.3 is 0 Å². The zero-order chi connectivity index (χ0) is 16.2. The van der Waals surface area contributed by atoms with Gasteiger partial charge in [-0.3, -0.25) is 0 Å². The van der Waals surface area contributed by atoms with E-state index < -0.39 is 0 Å². The number of nitrogens with zero attached hydrogens (tertiary/aromatic N) is 3. The highest BCUT2D eigenvalue weighted by molar-refractivity contribution is 5.90. The summed E-state index contributed by atoms with van der Waals surface area (Å²) in [5, 5.41) is 9.46. The Balaban J connectivity index is 1.94. The van der Waals surface area contributed by atoms with Crippen LogP contribution in [0.3, 0.4) is 0 Å². The minimum atomic E-state index is 0.526. The van der Waals surface area contributed by atoms with Crippen LogP contribution in [0.15, 0.2) is 48.5 Å². The van der Waals surface area contributed by atoms with E-state index in [1.807, 2.05) is 42.5 Å². The van der Waals surface area contributed by atoms with Crippen LogP contribution in [-0.4, -0.2) is 23.6 Å². The number of hydrogen-bond donors (Lipinski definition) is 1. The van der Waals surface area contributed by atoms with E-state index in [1.165, 1.54) is 0 Å². The number of H-pyrrole nitrogens is 1. The van der Waals surface area contributed by atoms with Crippen molar-refractivity contribution in [3.63, 3.8) is 0 Å². The zero-order valence-corrected chi connectivity index (χ0v) is 13.2. The number of hydrogen-bond acceptors (Lipinski definition) is 3. The number of para-hydroxylation sites is 2. The van der Waals surface area contributed by atoms with Gasteiger partial charge in [-0.15, -0.1) is 0 Å². The Morgan fingerprint density at radius 2 is 1.96 bits per heavy atom. The second-order valence-electron chi connectivity index (χ2n) is 5.38. The number of nitrogens with one attached hydrogen (secondary N) is 1. The van der Waals surface area contributed by atoms with Crippen molar-refractivity contribution in [2.45, 2.75) is 6.92 Å². The van der Waals surface area contributed by atoms with Gasteiger partial charge in [-0.05, 0) is 42.8 Å². The van der Waals surface area contributed by atoms with Gasteiger partial charge in [0.25, 0.3) is 0 Å². The SMILES string of the molecule is CCN(C)c1ccc(/C=C(/C#N)c2nc3ccccc3[nH]2)cc1. The first-order chi connectivity index (χ1) is 11.2. The molecule has 1 aromatic heterocycles. The molecule has 0 aliphatic rings. The van der Waals surface area contributed by atoms with E-state index in [4.69, 9.17) is 0 Å². The fourth-order valence-corrected chi connectivity index (χ4v) is 2.41. The molecule has 23 heavy (non-hydrogen) atoms. The van der Waals surface area contributed by atoms with E-state index >= 15 is 0 Å². The van der Waals surface area contributed by atoms with Gasteiger partial charge in [0.05, 0.1) is 16.6 Å². The number of anilines is 1. The molecule has 2 aromatic carbocycles. The highest BCUT2D eigenvalue weighted by Gasteiger charge is 2.07. The van der Waals surface area contributed by atoms with E-state index in [0.717, 1.165) is 28.8 Å². The predicted molar refractivity (Wildman–Crippen MR) is 95.0 cm³/mol. The second kappa shape index (κ2) is 6.37. The highest BCUT2D eigenvalue weighted by atomic mass is 15.1. The number of aromatic amines is 1. The molecule has 0 aliphatic carbocycles. The molecule has 0 saturated carbocycles. The Morgan fingerprint density at radius 3 is 2.61 bits per heavy atom. The molecule has 0 atom stereocenters. The molecule has 1 heterocycles. The van der Waals surface area contributed by atoms with Crippen molar-refractivity contribution in [1.82, 2.24) is 9.97 Å². The van der Waals surface area contributed by atoms with Crippen LogP contribution < -0.4 is 4.90 Å². The fourth-order valence-electron chi connectivity index (χ4n) is 2.41. The molecule has 1 N–H and O–H groups in total. The molecule has 0 saturated heterocycles. The van der Waals surface area contributed by atoms with Crippen LogP contribution in [0, 0.1) is 11.3 Å². The molecule has 0 aliphatic heterocycles. The molecule has 4 heteroatoms. The van der Waals surface area contributed by atoms with Crippen molar-refractivity contribution >= 4 is 28.4 Å². The number of benzene rings is 2. The average Bonchev–Trinajstić information content (AvgIpc) is 3.03. The number of aromatic nitrogens is 2. The van der Waals surface area contributed by atoms with E-state index in [9.17, 15) is 5.26 Å². The number of nitriles is 1. The summed E-state index contributed by atoms with van der Waals surface area (Å²) in [6.07, 6.45) is 1.85. The molecule has 0 spiro atoms. The topological polar surface area (TPSA) is 55.7 Å². The molecule has 0 bridgehead atoms. The van der Waals surface area contributed by atoms with Crippen LogP contribution in [0.25, 0.3) is 22.7 Å². The molecular formula is C19H18N4. The van der Waals surface area contributed by atoms with Crippen LogP contribution in [0.5, 0.6) is 0 Å². The third kappa shape index (κ3) is 3.09. The normalized spacial score (nSPS) is 11.4. The second-order valence-corrected chi connectivity index (χ2v) is 5.38. The summed E-state index contributed by atoms with van der Waals surface area (Å²) in [6, 6.07) is 18.1. The summed E-state index contributed by atoms with van der Waals surface area (Å²) in [5.41, 5.74) is 4.46. The molecule has 4 nitrogen and oxygen atoms in total. The third-order valence-corrected chi connectivity index (χ3v) is 3.88. The lowest BCUT2D eigenvalue weighted by molar-refractivity contribution is 0.968. The van der Waals surface area contributed by atoms with Crippen LogP contribution in [0.4, 0.5) is 5.69 Å². The van der Waals surface area contributed by atoms with Gasteiger partial charge in [0.2, 0.25) is 0 Å². The maximum atomic E-state index is 9.46. The Labute approximate surface area is 135 Å². The van der Waals surface area contributed by atoms with Crippen LogP contribution in [-0.2, 0) is 0 Å². The Hall–Kier alpha value is -3.06. The lowest BCUT2D eigenvalue weighted by Gasteiger charge is -2.16. The Bertz CT molecular complexity index is 849. The average molecular weight is 302 g/mol. The lowest BCUT2D eigenvalue weighted by Crippen LogP contribution is -2.15. The van der Waals surface area contributed by atoms with E-state index in [2.05, 4.69) is 47.0 Å². The van der Waals surface area contributed by atoms with Crippen molar-refractivity contribution < 1.29 is 0 Å². The van der Waals surface area contributed by atoms with Gasteiger partial charge in [-0.2, -0.15) is 5.26 Å². The van der Waals surface area contributed by atoms with Crippen molar-refractivity contribution in [2.75, 3.05) is 18.5 Å². The molecule has 0 unspecified atom stereocenters. The number of fused-ring (bicyclic) bond motifs is 1. The van der Waals surface area contributed by atoms with Crippen LogP contribution in [0.1, 0.15) is 18.3 Å². The summed E-state index contributed by atoms with van der Waals surface area (Å²) in [4.78, 5) is 9.84. The van der Waals surface area contributed by atoms with Gasteiger partial charge in [0.1, 0.15) is 11.9 Å². The highest BCUT2D eigenvalue weighted by Crippen LogP contribution is 2.20. The smallest absolute Gasteiger partial charge is 0.149 e. The molecule has 3 aromatic rings. The minimum absolute atomic E-state index is 0.526. The van der Waals surface area contributed by atoms with Gasteiger partial charge in [0.15, 0.2) is 0 Å². The van der Waals surface area contributed by atoms with Gasteiger partial charge in [-0.1, -0.05) is 24.3 Å². The maximum absolute atomic E-state index is 9.46. The largest absolute Gasteiger partial charge is 0.375 e. The zero-order valence-electron chi connectivity index (χ0n) is 13.2. The van der Waals surface area contributed by atoms with Gasteiger partial charge in [-0.25, -0.2) is 4.98 Å². The summed E-state index contributed by atoms with van der Waals surface area (Å²) < 4.78 is 0. The van der Waals surface area contributed by atoms with E-state index in [-0.39, 0.29) is 0 Å². The molecule has 0 fully saturated rings. The molecule has 3 rings (SSSR count). The number of rotatable bonds is 4. The molecule has 0 amide bonds. The Morgan fingerprint density at radius 1 is 1.22 bits per heavy atom. The summed E-state index contributed by atoms with van der Waals surface area (Å²) in [7, 11) is 2.06. The van der Waals surface area contributed by atoms with Crippen molar-refractivity contribution in [2.24, 2.45) is 0 Å². The van der Waals surface area contributed by atoms with Crippen molar-refractivity contribution in [1.29, 1.82) is 5.26 Å². The third-order valence-electron chi connectivity index (χ3n) is 3.88. The van der Waals surface area contributed by atoms with Gasteiger partial charge < -0.3 is 9.88 Å². The first-order valence-electron chi connectivity index (χ1n) is 7.59. The summed E-state index contributed by atoms with van der Waals surface area (Å²) in [5.74, 6) is 0.600. The minimum Gasteiger partial charge on any atom is -0.375 e. The first-order valence-corrected chi connectivity index (χ1v) is 7.59. The molecular weight excluding hydrogens is 284 g/mol. The molecule has 0 radical (unpaired) electrons. The quantitative estimate of drug-likeness (QED) is 0.739. The monoisotopic (exact) mass is 302 g/mol. The first kappa shape index (κ1) is 14.9. The number of allylic oxidation sites excluding steroid dienone is 1. The standard InChI is InChI=1S/C19H18N4/c1-3-23(2)16-10-8-14(9-11-16)12-15(13-20)19-21-17-6-4-5-7-18(17)22-19/h4-12H,3H2,1-2H3,(H,21,22)/b15-12-. The van der Waals surface area contributed by atoms with Crippen LogP contribution in [0.2, 0.25) is 0 Å². The number of imidazole rings is 1. The maximum Gasteiger partial charge on any atom is 0.149 e. The fraction of sp³-hybridized carbons (Fsp3) is 0.158. The van der Waals surface area contributed by atoms with Crippen LogP contribution >= 0.6 is 0 Å². The summed E-state index contributed by atoms with van der Waals surface area (Å²) >= 11 is 0.